The van der Waals surface area contributed by atoms with E-state index in [4.69, 9.17) is 9.47 Å². The first-order valence-corrected chi connectivity index (χ1v) is 15.2. The van der Waals surface area contributed by atoms with Gasteiger partial charge in [-0.1, -0.05) is 88.4 Å². The van der Waals surface area contributed by atoms with Crippen LogP contribution in [0.15, 0.2) is 84.9 Å². The van der Waals surface area contributed by atoms with Gasteiger partial charge in [-0.3, -0.25) is 0 Å². The van der Waals surface area contributed by atoms with Gasteiger partial charge in [0.1, 0.15) is 11.5 Å². The average Bonchev–Trinajstić information content (AvgIpc) is 3.25. The molecular formula is C35H38O2S2. The molecule has 4 aromatic carbocycles. The lowest BCUT2D eigenvalue weighted by molar-refractivity contribution is 0.343. The molecular weight excluding hydrogens is 517 g/mol. The van der Waals surface area contributed by atoms with Gasteiger partial charge in [0, 0.05) is 11.5 Å². The van der Waals surface area contributed by atoms with Crippen LogP contribution in [0.4, 0.5) is 0 Å². The Kier molecular flexibility index (Phi) is 8.35. The highest BCUT2D eigenvalue weighted by Gasteiger charge is 2.48. The van der Waals surface area contributed by atoms with Crippen molar-refractivity contribution < 1.29 is 9.47 Å². The molecule has 0 amide bonds. The van der Waals surface area contributed by atoms with Crippen LogP contribution in [0, 0.1) is 0 Å². The van der Waals surface area contributed by atoms with E-state index in [1.165, 1.54) is 44.5 Å². The van der Waals surface area contributed by atoms with Gasteiger partial charge in [0.25, 0.3) is 0 Å². The van der Waals surface area contributed by atoms with Crippen molar-refractivity contribution >= 4 is 25.3 Å². The lowest BCUT2D eigenvalue weighted by Gasteiger charge is -2.38. The second-order valence-electron chi connectivity index (χ2n) is 10.8. The fourth-order valence-corrected chi connectivity index (χ4v) is 6.37. The molecule has 0 saturated carbocycles. The maximum Gasteiger partial charge on any atom is 0.119 e. The number of fused-ring (bicyclic) bond motifs is 3. The van der Waals surface area contributed by atoms with Crippen LogP contribution in [0.5, 0.6) is 11.5 Å². The number of ether oxygens (including phenoxy) is 2. The third kappa shape index (κ3) is 4.87. The van der Waals surface area contributed by atoms with Crippen molar-refractivity contribution in [3.8, 4) is 22.6 Å². The fraction of sp³-hybridized carbons (Fsp3) is 0.314. The number of benzene rings is 4. The molecule has 1 aliphatic rings. The summed E-state index contributed by atoms with van der Waals surface area (Å²) >= 11 is 8.71. The van der Waals surface area contributed by atoms with Crippen LogP contribution in [0.2, 0.25) is 0 Å². The highest BCUT2D eigenvalue weighted by Crippen LogP contribution is 2.58. The van der Waals surface area contributed by atoms with E-state index < -0.39 is 5.41 Å². The smallest absolute Gasteiger partial charge is 0.119 e. The van der Waals surface area contributed by atoms with Gasteiger partial charge in [-0.15, -0.1) is 0 Å². The zero-order chi connectivity index (χ0) is 27.6. The molecule has 0 atom stereocenters. The van der Waals surface area contributed by atoms with Gasteiger partial charge in [0.15, 0.2) is 0 Å². The Balaban J connectivity index is 1.89. The van der Waals surface area contributed by atoms with Crippen molar-refractivity contribution in [3.05, 3.63) is 118 Å². The highest BCUT2D eigenvalue weighted by molar-refractivity contribution is 7.80. The average molecular weight is 555 g/mol. The van der Waals surface area contributed by atoms with E-state index in [1.807, 2.05) is 0 Å². The summed E-state index contributed by atoms with van der Waals surface area (Å²) in [5, 5.41) is 0. The van der Waals surface area contributed by atoms with Crippen molar-refractivity contribution in [1.29, 1.82) is 0 Å². The van der Waals surface area contributed by atoms with Crippen LogP contribution in [0.25, 0.3) is 11.1 Å². The van der Waals surface area contributed by atoms with Crippen molar-refractivity contribution in [1.82, 2.24) is 0 Å². The lowest BCUT2D eigenvalue weighted by atomic mass is 9.63. The third-order valence-corrected chi connectivity index (χ3v) is 8.14. The van der Waals surface area contributed by atoms with Crippen LogP contribution >= 0.6 is 25.3 Å². The van der Waals surface area contributed by atoms with Crippen molar-refractivity contribution in [2.45, 2.75) is 44.9 Å². The van der Waals surface area contributed by atoms with Crippen molar-refractivity contribution in [3.63, 3.8) is 0 Å². The minimum atomic E-state index is -0.476. The summed E-state index contributed by atoms with van der Waals surface area (Å²) in [7, 11) is 0. The fourth-order valence-electron chi connectivity index (χ4n) is 6.19. The van der Waals surface area contributed by atoms with Gasteiger partial charge in [0.2, 0.25) is 0 Å². The standard InChI is InChI=1S/C35H38O2S2/c1-23(2)29-21-25(36-17-19-38)13-15-33(29)35(34-16-14-26(37-18-20-39)22-30(34)24(3)4)31-11-7-5-9-27(31)28-10-6-8-12-32(28)35/h5-16,21-24,38-39H,17-20H2,1-4H3. The molecule has 0 N–H and O–H groups in total. The predicted octanol–water partition coefficient (Wildman–Crippen LogP) is 8.91. The van der Waals surface area contributed by atoms with Crippen LogP contribution < -0.4 is 9.47 Å². The van der Waals surface area contributed by atoms with Gasteiger partial charge in [-0.2, -0.15) is 25.3 Å². The number of rotatable bonds is 10. The predicted molar refractivity (Wildman–Crippen MR) is 171 cm³/mol. The SMILES string of the molecule is CC(C)c1cc(OCCS)ccc1C1(c2ccc(OCCS)cc2C(C)C)c2ccccc2-c2ccccc21. The molecule has 0 fully saturated rings. The van der Waals surface area contributed by atoms with E-state index in [1.54, 1.807) is 0 Å². The Morgan fingerprint density at radius 1 is 0.564 bits per heavy atom. The Labute approximate surface area is 244 Å². The highest BCUT2D eigenvalue weighted by atomic mass is 32.1. The molecule has 1 aliphatic carbocycles. The maximum absolute atomic E-state index is 6.06. The van der Waals surface area contributed by atoms with Crippen LogP contribution in [-0.2, 0) is 5.41 Å². The van der Waals surface area contributed by atoms with E-state index in [-0.39, 0.29) is 0 Å². The summed E-state index contributed by atoms with van der Waals surface area (Å²) in [6.45, 7) is 10.3. The Morgan fingerprint density at radius 2 is 0.974 bits per heavy atom. The van der Waals surface area contributed by atoms with Gasteiger partial charge in [-0.05, 0) is 80.6 Å². The Hall–Kier alpha value is -2.82. The summed E-state index contributed by atoms with van der Waals surface area (Å²) < 4.78 is 12.1. The molecule has 2 nitrogen and oxygen atoms in total. The summed E-state index contributed by atoms with van der Waals surface area (Å²) in [5.74, 6) is 3.76. The van der Waals surface area contributed by atoms with E-state index >= 15 is 0 Å². The van der Waals surface area contributed by atoms with Crippen LogP contribution in [-0.4, -0.2) is 24.7 Å². The quantitative estimate of drug-likeness (QED) is 0.168. The zero-order valence-electron chi connectivity index (χ0n) is 23.3. The molecule has 4 aromatic rings. The normalized spacial score (nSPS) is 13.4. The maximum atomic E-state index is 6.06. The van der Waals surface area contributed by atoms with Crippen LogP contribution in [0.1, 0.15) is 72.9 Å². The van der Waals surface area contributed by atoms with Crippen molar-refractivity contribution in [2.75, 3.05) is 24.7 Å². The van der Waals surface area contributed by atoms with Gasteiger partial charge in [0.05, 0.1) is 18.6 Å². The molecule has 4 heteroatoms. The molecule has 39 heavy (non-hydrogen) atoms. The summed E-state index contributed by atoms with van der Waals surface area (Å²) in [6, 6.07) is 31.2. The summed E-state index contributed by atoms with van der Waals surface area (Å²) in [6.07, 6.45) is 0. The second-order valence-corrected chi connectivity index (χ2v) is 11.7. The molecule has 0 aliphatic heterocycles. The Morgan fingerprint density at radius 3 is 1.36 bits per heavy atom. The first-order valence-electron chi connectivity index (χ1n) is 13.9. The molecule has 0 spiro atoms. The third-order valence-electron chi connectivity index (χ3n) is 7.77. The van der Waals surface area contributed by atoms with E-state index in [9.17, 15) is 0 Å². The second kappa shape index (κ2) is 11.7. The first-order chi connectivity index (χ1) is 18.9. The molecule has 0 radical (unpaired) electrons. The monoisotopic (exact) mass is 554 g/mol. The molecule has 0 aromatic heterocycles. The van der Waals surface area contributed by atoms with Gasteiger partial charge in [-0.25, -0.2) is 0 Å². The van der Waals surface area contributed by atoms with E-state index in [2.05, 4.69) is 138 Å². The molecule has 0 unspecified atom stereocenters. The molecule has 202 valence electrons. The van der Waals surface area contributed by atoms with E-state index in [0.717, 1.165) is 11.5 Å². The van der Waals surface area contributed by atoms with Gasteiger partial charge >= 0.3 is 0 Å². The molecule has 0 saturated heterocycles. The number of hydrogen-bond donors (Lipinski definition) is 2. The minimum Gasteiger partial charge on any atom is -0.493 e. The van der Waals surface area contributed by atoms with Crippen LogP contribution in [0.3, 0.4) is 0 Å². The number of thiol groups is 2. The number of hydrogen-bond acceptors (Lipinski definition) is 4. The lowest BCUT2D eigenvalue weighted by Crippen LogP contribution is -2.32. The summed E-state index contributed by atoms with van der Waals surface area (Å²) in [5.41, 5.74) is 9.96. The summed E-state index contributed by atoms with van der Waals surface area (Å²) in [4.78, 5) is 0. The van der Waals surface area contributed by atoms with Gasteiger partial charge < -0.3 is 9.47 Å². The molecule has 0 bridgehead atoms. The molecule has 0 heterocycles. The van der Waals surface area contributed by atoms with Crippen molar-refractivity contribution in [2.24, 2.45) is 0 Å². The molecule has 5 rings (SSSR count). The first kappa shape index (κ1) is 27.7. The minimum absolute atomic E-state index is 0.303. The van der Waals surface area contributed by atoms with E-state index in [0.29, 0.717) is 36.6 Å². The largest absolute Gasteiger partial charge is 0.493 e. The topological polar surface area (TPSA) is 18.5 Å². The Bertz CT molecular complexity index is 1350. The zero-order valence-corrected chi connectivity index (χ0v) is 25.1.